The first-order valence-electron chi connectivity index (χ1n) is 11.2. The van der Waals surface area contributed by atoms with E-state index in [2.05, 4.69) is 10.4 Å². The van der Waals surface area contributed by atoms with Crippen LogP contribution in [0.15, 0.2) is 53.4 Å². The molecule has 0 radical (unpaired) electrons. The molecule has 1 N–H and O–H groups in total. The third-order valence-corrected chi connectivity index (χ3v) is 8.20. The molecule has 2 aromatic carbocycles. The number of carbonyl (C=O) groups is 1. The minimum atomic E-state index is -3.67. The zero-order valence-electron chi connectivity index (χ0n) is 19.5. The summed E-state index contributed by atoms with van der Waals surface area (Å²) in [6, 6.07) is 14.1. The molecule has 1 amide bonds. The zero-order chi connectivity index (χ0) is 23.8. The monoisotopic (exact) mass is 466 g/mol. The molecule has 2 heterocycles. The number of aryl methyl sites for hydroxylation is 3. The molecule has 8 heteroatoms. The van der Waals surface area contributed by atoms with E-state index in [1.165, 1.54) is 6.07 Å². The van der Waals surface area contributed by atoms with Crippen LogP contribution in [0.3, 0.4) is 0 Å². The van der Waals surface area contributed by atoms with Crippen LogP contribution in [0.1, 0.15) is 53.5 Å². The molecule has 1 aliphatic heterocycles. The number of rotatable bonds is 5. The molecule has 1 unspecified atom stereocenters. The maximum Gasteiger partial charge on any atom is 0.256 e. The highest BCUT2D eigenvalue weighted by atomic mass is 32.2. The molecule has 33 heavy (non-hydrogen) atoms. The number of nitrogens with zero attached hydrogens (tertiary/aromatic N) is 3. The highest BCUT2D eigenvalue weighted by Crippen LogP contribution is 2.27. The number of aromatic nitrogens is 2. The predicted octanol–water partition coefficient (Wildman–Crippen LogP) is 4.61. The largest absolute Gasteiger partial charge is 0.320 e. The zero-order valence-corrected chi connectivity index (χ0v) is 20.3. The number of sulfonamides is 1. The second kappa shape index (κ2) is 9.11. The third-order valence-electron chi connectivity index (χ3n) is 6.19. The van der Waals surface area contributed by atoms with Gasteiger partial charge in [0, 0.05) is 23.8 Å². The molecule has 0 spiro atoms. The van der Waals surface area contributed by atoms with Crippen LogP contribution < -0.4 is 5.32 Å². The Balaban J connectivity index is 1.66. The van der Waals surface area contributed by atoms with Crippen molar-refractivity contribution >= 4 is 21.6 Å². The molecule has 1 saturated heterocycles. The number of amides is 1. The Morgan fingerprint density at radius 2 is 1.82 bits per heavy atom. The van der Waals surface area contributed by atoms with Gasteiger partial charge in [0.05, 0.1) is 22.0 Å². The minimum absolute atomic E-state index is 0.0463. The predicted molar refractivity (Wildman–Crippen MR) is 129 cm³/mol. The van der Waals surface area contributed by atoms with Crippen molar-refractivity contribution in [2.24, 2.45) is 0 Å². The number of hydrogen-bond acceptors (Lipinski definition) is 4. The Labute approximate surface area is 195 Å². The van der Waals surface area contributed by atoms with Crippen LogP contribution in [0, 0.1) is 20.8 Å². The Kier molecular flexibility index (Phi) is 6.41. The molecule has 3 aromatic rings. The van der Waals surface area contributed by atoms with E-state index >= 15 is 0 Å². The number of anilines is 1. The Morgan fingerprint density at radius 1 is 1.06 bits per heavy atom. The van der Waals surface area contributed by atoms with Crippen LogP contribution in [0.4, 0.5) is 5.69 Å². The highest BCUT2D eigenvalue weighted by molar-refractivity contribution is 7.89. The van der Waals surface area contributed by atoms with E-state index in [0.29, 0.717) is 23.4 Å². The van der Waals surface area contributed by atoms with Crippen molar-refractivity contribution in [3.8, 4) is 5.69 Å². The maximum atomic E-state index is 13.3. The number of piperidine rings is 1. The average molecular weight is 467 g/mol. The van der Waals surface area contributed by atoms with Gasteiger partial charge in [-0.05, 0) is 76.4 Å². The lowest BCUT2D eigenvalue weighted by molar-refractivity contribution is 0.102. The number of nitrogens with one attached hydrogen (secondary N) is 1. The van der Waals surface area contributed by atoms with Crippen molar-refractivity contribution in [2.75, 3.05) is 11.9 Å². The van der Waals surface area contributed by atoms with Gasteiger partial charge in [-0.2, -0.15) is 9.40 Å². The van der Waals surface area contributed by atoms with E-state index in [9.17, 15) is 13.2 Å². The third kappa shape index (κ3) is 4.58. The first kappa shape index (κ1) is 23.2. The standard InChI is InChI=1S/C25H30N4O3S/c1-17-12-13-21(33(31,32)28-14-8-7-9-19(28)3)16-22(17)25(30)26-23-10-5-6-11-24(23)29-20(4)15-18(2)27-29/h5-6,10-13,15-16,19H,7-9,14H2,1-4H3,(H,26,30). The van der Waals surface area contributed by atoms with Crippen LogP contribution in [0.5, 0.6) is 0 Å². The van der Waals surface area contributed by atoms with Crippen molar-refractivity contribution < 1.29 is 13.2 Å². The Morgan fingerprint density at radius 3 is 2.52 bits per heavy atom. The molecular weight excluding hydrogens is 436 g/mol. The van der Waals surface area contributed by atoms with Gasteiger partial charge in [0.25, 0.3) is 5.91 Å². The van der Waals surface area contributed by atoms with Crippen LogP contribution in [0.2, 0.25) is 0 Å². The van der Waals surface area contributed by atoms with Crippen molar-refractivity contribution in [2.45, 2.75) is 57.9 Å². The summed E-state index contributed by atoms with van der Waals surface area (Å²) in [7, 11) is -3.67. The molecular formula is C25H30N4O3S. The summed E-state index contributed by atoms with van der Waals surface area (Å²) in [5.74, 6) is -0.356. The summed E-state index contributed by atoms with van der Waals surface area (Å²) in [6.45, 7) is 8.13. The van der Waals surface area contributed by atoms with Gasteiger partial charge in [0.1, 0.15) is 0 Å². The maximum absolute atomic E-state index is 13.3. The molecule has 1 aromatic heterocycles. The summed E-state index contributed by atoms with van der Waals surface area (Å²) >= 11 is 0. The van der Waals surface area contributed by atoms with Gasteiger partial charge < -0.3 is 5.32 Å². The molecule has 1 fully saturated rings. The first-order chi connectivity index (χ1) is 15.7. The fraction of sp³-hybridized carbons (Fsp3) is 0.360. The number of para-hydroxylation sites is 2. The smallest absolute Gasteiger partial charge is 0.256 e. The first-order valence-corrected chi connectivity index (χ1v) is 12.7. The summed E-state index contributed by atoms with van der Waals surface area (Å²) in [6.07, 6.45) is 2.73. The molecule has 1 aliphatic rings. The molecule has 1 atom stereocenters. The topological polar surface area (TPSA) is 84.3 Å². The molecule has 4 rings (SSSR count). The SMILES string of the molecule is Cc1cc(C)n(-c2ccccc2NC(=O)c2cc(S(=O)(=O)N3CCCCC3C)ccc2C)n1. The summed E-state index contributed by atoms with van der Waals surface area (Å²) in [5, 5.41) is 7.49. The minimum Gasteiger partial charge on any atom is -0.320 e. The highest BCUT2D eigenvalue weighted by Gasteiger charge is 2.31. The number of hydrogen-bond donors (Lipinski definition) is 1. The lowest BCUT2D eigenvalue weighted by Gasteiger charge is -2.32. The van der Waals surface area contributed by atoms with E-state index < -0.39 is 10.0 Å². The quantitative estimate of drug-likeness (QED) is 0.595. The molecule has 0 aliphatic carbocycles. The van der Waals surface area contributed by atoms with Crippen LogP contribution in [-0.4, -0.2) is 41.0 Å². The van der Waals surface area contributed by atoms with Crippen LogP contribution in [-0.2, 0) is 10.0 Å². The molecule has 0 saturated carbocycles. The van der Waals surface area contributed by atoms with Gasteiger partial charge >= 0.3 is 0 Å². The summed E-state index contributed by atoms with van der Waals surface area (Å²) in [4.78, 5) is 13.4. The molecule has 0 bridgehead atoms. The lowest BCUT2D eigenvalue weighted by atomic mass is 10.1. The van der Waals surface area contributed by atoms with Gasteiger partial charge in [-0.15, -0.1) is 0 Å². The number of benzene rings is 2. The fourth-order valence-electron chi connectivity index (χ4n) is 4.40. The Bertz CT molecular complexity index is 1300. The van der Waals surface area contributed by atoms with E-state index in [1.54, 1.807) is 21.1 Å². The van der Waals surface area contributed by atoms with Crippen molar-refractivity contribution in [1.82, 2.24) is 14.1 Å². The molecule has 174 valence electrons. The van der Waals surface area contributed by atoms with Gasteiger partial charge in [-0.3, -0.25) is 4.79 Å². The average Bonchev–Trinajstić information content (AvgIpc) is 3.12. The van der Waals surface area contributed by atoms with Crippen molar-refractivity contribution in [1.29, 1.82) is 0 Å². The van der Waals surface area contributed by atoms with Crippen molar-refractivity contribution in [3.63, 3.8) is 0 Å². The van der Waals surface area contributed by atoms with Gasteiger partial charge in [-0.25, -0.2) is 13.1 Å². The lowest BCUT2D eigenvalue weighted by Crippen LogP contribution is -2.42. The second-order valence-corrected chi connectivity index (χ2v) is 10.6. The van der Waals surface area contributed by atoms with E-state index in [-0.39, 0.29) is 16.8 Å². The second-order valence-electron chi connectivity index (χ2n) is 8.75. The normalized spacial score (nSPS) is 17.2. The molecule has 7 nitrogen and oxygen atoms in total. The van der Waals surface area contributed by atoms with Gasteiger partial charge in [-0.1, -0.05) is 24.6 Å². The van der Waals surface area contributed by atoms with Gasteiger partial charge in [0.15, 0.2) is 0 Å². The summed E-state index contributed by atoms with van der Waals surface area (Å²) < 4.78 is 30.0. The number of carbonyl (C=O) groups excluding carboxylic acids is 1. The van der Waals surface area contributed by atoms with E-state index in [1.807, 2.05) is 58.0 Å². The van der Waals surface area contributed by atoms with Crippen LogP contribution >= 0.6 is 0 Å². The fourth-order valence-corrected chi connectivity index (χ4v) is 6.12. The van der Waals surface area contributed by atoms with Gasteiger partial charge in [0.2, 0.25) is 10.0 Å². The van der Waals surface area contributed by atoms with Crippen LogP contribution in [0.25, 0.3) is 5.69 Å². The Hall–Kier alpha value is -2.97. The van der Waals surface area contributed by atoms with Crippen molar-refractivity contribution in [3.05, 3.63) is 71.0 Å². The summed E-state index contributed by atoms with van der Waals surface area (Å²) in [5.41, 5.74) is 4.24. The van der Waals surface area contributed by atoms with E-state index in [4.69, 9.17) is 0 Å². The van der Waals surface area contributed by atoms with E-state index in [0.717, 1.165) is 36.3 Å².